The number of nitrogens with one attached hydrogen (secondary N) is 1. The van der Waals surface area contributed by atoms with E-state index in [0.29, 0.717) is 0 Å². The third-order valence-electron chi connectivity index (χ3n) is 0.921. The van der Waals surface area contributed by atoms with Crippen LogP contribution in [0.25, 0.3) is 0 Å². The first kappa shape index (κ1) is 7.91. The molecule has 1 aromatic heterocycles. The van der Waals surface area contributed by atoms with Crippen molar-refractivity contribution in [2.24, 2.45) is 0 Å². The lowest BCUT2D eigenvalue weighted by Gasteiger charge is -1.92. The zero-order chi connectivity index (χ0) is 5.82. The van der Waals surface area contributed by atoms with E-state index in [2.05, 4.69) is 10.3 Å². The molecule has 0 saturated heterocycles. The summed E-state index contributed by atoms with van der Waals surface area (Å²) in [6.07, 6.45) is 1.76. The predicted octanol–water partition coefficient (Wildman–Crippen LogP) is 0.299. The molecule has 0 aliphatic rings. The summed E-state index contributed by atoms with van der Waals surface area (Å²) >= 11 is 0. The SMILES string of the molecule is CNc1ccccn1.O. The van der Waals surface area contributed by atoms with Crippen LogP contribution >= 0.6 is 0 Å². The Bertz CT molecular complexity index is 152. The molecule has 0 aliphatic carbocycles. The van der Waals surface area contributed by atoms with Gasteiger partial charge in [-0.05, 0) is 12.1 Å². The fourth-order valence-electron chi connectivity index (χ4n) is 0.511. The van der Waals surface area contributed by atoms with E-state index in [-0.39, 0.29) is 5.48 Å². The molecule has 0 amide bonds. The summed E-state index contributed by atoms with van der Waals surface area (Å²) < 4.78 is 0. The highest BCUT2D eigenvalue weighted by atomic mass is 16.0. The highest BCUT2D eigenvalue weighted by Crippen LogP contribution is 1.95. The standard InChI is InChI=1S/C6H8N2.H2O/c1-7-6-4-2-3-5-8-6;/h2-5H,1H3,(H,7,8);1H2. The number of aromatic nitrogens is 1. The van der Waals surface area contributed by atoms with E-state index in [1.807, 2.05) is 25.2 Å². The summed E-state index contributed by atoms with van der Waals surface area (Å²) in [5.74, 6) is 0.910. The topological polar surface area (TPSA) is 56.4 Å². The maximum absolute atomic E-state index is 3.99. The molecule has 1 heterocycles. The zero-order valence-electron chi connectivity index (χ0n) is 5.26. The maximum atomic E-state index is 3.99. The first-order chi connectivity index (χ1) is 3.93. The van der Waals surface area contributed by atoms with E-state index >= 15 is 0 Å². The Morgan fingerprint density at radius 1 is 1.44 bits per heavy atom. The minimum absolute atomic E-state index is 0. The van der Waals surface area contributed by atoms with Crippen LogP contribution in [0, 0.1) is 0 Å². The smallest absolute Gasteiger partial charge is 0.125 e. The number of hydrogen-bond acceptors (Lipinski definition) is 2. The average Bonchev–Trinajstić information content (AvgIpc) is 1.90. The van der Waals surface area contributed by atoms with Crippen LogP contribution in [0.2, 0.25) is 0 Å². The van der Waals surface area contributed by atoms with Gasteiger partial charge in [0.15, 0.2) is 0 Å². The Labute approximate surface area is 54.0 Å². The summed E-state index contributed by atoms with van der Waals surface area (Å²) in [5, 5.41) is 2.92. The zero-order valence-corrected chi connectivity index (χ0v) is 5.26. The second-order valence-electron chi connectivity index (χ2n) is 1.46. The molecule has 3 heteroatoms. The molecular weight excluding hydrogens is 116 g/mol. The van der Waals surface area contributed by atoms with Gasteiger partial charge >= 0.3 is 0 Å². The van der Waals surface area contributed by atoms with E-state index in [1.54, 1.807) is 6.20 Å². The third-order valence-corrected chi connectivity index (χ3v) is 0.921. The van der Waals surface area contributed by atoms with Crippen molar-refractivity contribution in [2.75, 3.05) is 12.4 Å². The van der Waals surface area contributed by atoms with Crippen LogP contribution in [0.1, 0.15) is 0 Å². The number of pyridine rings is 1. The Morgan fingerprint density at radius 3 is 2.56 bits per heavy atom. The lowest BCUT2D eigenvalue weighted by atomic mass is 10.5. The fraction of sp³-hybridized carbons (Fsp3) is 0.167. The first-order valence-electron chi connectivity index (χ1n) is 2.52. The molecule has 0 fully saturated rings. The first-order valence-corrected chi connectivity index (χ1v) is 2.52. The predicted molar refractivity (Wildman–Crippen MR) is 37.4 cm³/mol. The van der Waals surface area contributed by atoms with Gasteiger partial charge in [0.05, 0.1) is 0 Å². The van der Waals surface area contributed by atoms with Crippen molar-refractivity contribution in [1.29, 1.82) is 0 Å². The lowest BCUT2D eigenvalue weighted by Crippen LogP contribution is -1.88. The Balaban J connectivity index is 0.000000640. The van der Waals surface area contributed by atoms with Crippen LogP contribution in [0.5, 0.6) is 0 Å². The number of hydrogen-bond donors (Lipinski definition) is 1. The van der Waals surface area contributed by atoms with E-state index in [1.165, 1.54) is 0 Å². The molecule has 0 bridgehead atoms. The van der Waals surface area contributed by atoms with Crippen LogP contribution in [0.15, 0.2) is 24.4 Å². The monoisotopic (exact) mass is 126 g/mol. The quantitative estimate of drug-likeness (QED) is 0.588. The van der Waals surface area contributed by atoms with E-state index < -0.39 is 0 Å². The normalized spacial score (nSPS) is 7.67. The molecule has 0 atom stereocenters. The molecule has 0 aromatic carbocycles. The van der Waals surface area contributed by atoms with Crippen molar-refractivity contribution < 1.29 is 5.48 Å². The highest BCUT2D eigenvalue weighted by molar-refractivity contribution is 5.31. The average molecular weight is 126 g/mol. The molecule has 1 rings (SSSR count). The van der Waals surface area contributed by atoms with Crippen molar-refractivity contribution in [2.45, 2.75) is 0 Å². The van der Waals surface area contributed by atoms with Gasteiger partial charge in [-0.3, -0.25) is 0 Å². The van der Waals surface area contributed by atoms with Gasteiger partial charge in [-0.25, -0.2) is 4.98 Å². The molecule has 0 aliphatic heterocycles. The second kappa shape index (κ2) is 3.86. The van der Waals surface area contributed by atoms with Gasteiger partial charge < -0.3 is 10.8 Å². The van der Waals surface area contributed by atoms with Gasteiger partial charge in [-0.2, -0.15) is 0 Å². The van der Waals surface area contributed by atoms with Crippen LogP contribution < -0.4 is 5.32 Å². The van der Waals surface area contributed by atoms with Crippen LogP contribution in [-0.4, -0.2) is 17.5 Å². The van der Waals surface area contributed by atoms with Gasteiger partial charge in [0, 0.05) is 13.2 Å². The molecule has 1 aromatic rings. The van der Waals surface area contributed by atoms with Crippen LogP contribution in [-0.2, 0) is 0 Å². The Morgan fingerprint density at radius 2 is 2.22 bits per heavy atom. The number of nitrogens with zero attached hydrogens (tertiary/aromatic N) is 1. The molecule has 9 heavy (non-hydrogen) atoms. The summed E-state index contributed by atoms with van der Waals surface area (Å²) in [4.78, 5) is 3.99. The number of rotatable bonds is 1. The van der Waals surface area contributed by atoms with Crippen LogP contribution in [0.4, 0.5) is 5.82 Å². The summed E-state index contributed by atoms with van der Waals surface area (Å²) in [6, 6.07) is 5.75. The maximum Gasteiger partial charge on any atom is 0.125 e. The minimum Gasteiger partial charge on any atom is -0.412 e. The minimum atomic E-state index is 0. The van der Waals surface area contributed by atoms with Crippen molar-refractivity contribution in [1.82, 2.24) is 4.98 Å². The third kappa shape index (κ3) is 2.10. The van der Waals surface area contributed by atoms with Crippen molar-refractivity contribution in [3.8, 4) is 0 Å². The van der Waals surface area contributed by atoms with E-state index in [9.17, 15) is 0 Å². The summed E-state index contributed by atoms with van der Waals surface area (Å²) in [5.41, 5.74) is 0. The highest BCUT2D eigenvalue weighted by Gasteiger charge is 1.79. The van der Waals surface area contributed by atoms with Crippen molar-refractivity contribution >= 4 is 5.82 Å². The summed E-state index contributed by atoms with van der Waals surface area (Å²) in [7, 11) is 1.85. The van der Waals surface area contributed by atoms with Crippen molar-refractivity contribution in [3.63, 3.8) is 0 Å². The lowest BCUT2D eigenvalue weighted by molar-refractivity contribution is 0.824. The molecule has 0 saturated carbocycles. The fourth-order valence-corrected chi connectivity index (χ4v) is 0.511. The molecule has 50 valence electrons. The largest absolute Gasteiger partial charge is 0.412 e. The molecule has 0 spiro atoms. The van der Waals surface area contributed by atoms with Gasteiger partial charge in [0.25, 0.3) is 0 Å². The molecule has 3 nitrogen and oxygen atoms in total. The van der Waals surface area contributed by atoms with Gasteiger partial charge in [0.1, 0.15) is 5.82 Å². The molecule has 3 N–H and O–H groups in total. The molecule has 0 unspecified atom stereocenters. The Hall–Kier alpha value is -1.09. The van der Waals surface area contributed by atoms with E-state index in [0.717, 1.165) is 5.82 Å². The second-order valence-corrected chi connectivity index (χ2v) is 1.46. The van der Waals surface area contributed by atoms with Gasteiger partial charge in [-0.1, -0.05) is 6.07 Å². The summed E-state index contributed by atoms with van der Waals surface area (Å²) in [6.45, 7) is 0. The van der Waals surface area contributed by atoms with Gasteiger partial charge in [0.2, 0.25) is 0 Å². The van der Waals surface area contributed by atoms with Crippen LogP contribution in [0.3, 0.4) is 0 Å². The molecular formula is C6H10N2O. The van der Waals surface area contributed by atoms with E-state index in [4.69, 9.17) is 0 Å². The van der Waals surface area contributed by atoms with Gasteiger partial charge in [-0.15, -0.1) is 0 Å². The Kier molecular flexibility index (Phi) is 3.39. The number of anilines is 1. The van der Waals surface area contributed by atoms with Crippen molar-refractivity contribution in [3.05, 3.63) is 24.4 Å². The molecule has 0 radical (unpaired) electrons.